The average molecular weight is 344 g/mol. The molecule has 2 fully saturated rings. The van der Waals surface area contributed by atoms with Crippen LogP contribution in [0, 0.1) is 0 Å². The smallest absolute Gasteiger partial charge is 0.254 e. The zero-order valence-electron chi connectivity index (χ0n) is 15.0. The highest BCUT2D eigenvalue weighted by molar-refractivity contribution is 5.99. The van der Waals surface area contributed by atoms with Crippen molar-refractivity contribution in [2.24, 2.45) is 0 Å². The maximum absolute atomic E-state index is 12.9. The average Bonchev–Trinajstić information content (AvgIpc) is 3.03. The molecule has 1 atom stereocenters. The number of benzene rings is 1. The molecule has 2 aliphatic rings. The predicted molar refractivity (Wildman–Crippen MR) is 96.2 cm³/mol. The lowest BCUT2D eigenvalue weighted by Gasteiger charge is -2.37. The van der Waals surface area contributed by atoms with Crippen LogP contribution in [0.1, 0.15) is 62.2 Å². The molecule has 1 aliphatic heterocycles. The zero-order valence-corrected chi connectivity index (χ0v) is 15.0. The fourth-order valence-corrected chi connectivity index (χ4v) is 4.08. The fourth-order valence-electron chi connectivity index (χ4n) is 4.08. The van der Waals surface area contributed by atoms with Crippen molar-refractivity contribution in [1.29, 1.82) is 0 Å². The van der Waals surface area contributed by atoms with E-state index in [1.807, 2.05) is 25.1 Å². The van der Waals surface area contributed by atoms with Crippen LogP contribution in [0.4, 0.5) is 0 Å². The molecule has 2 amide bonds. The van der Waals surface area contributed by atoms with Crippen LogP contribution >= 0.6 is 0 Å². The molecule has 1 aliphatic carbocycles. The Morgan fingerprint density at radius 2 is 1.76 bits per heavy atom. The first-order chi connectivity index (χ1) is 11.9. The molecule has 0 bridgehead atoms. The molecule has 3 rings (SSSR count). The minimum Gasteiger partial charge on any atom is -0.388 e. The van der Waals surface area contributed by atoms with Gasteiger partial charge in [0.1, 0.15) is 5.54 Å². The van der Waals surface area contributed by atoms with Crippen molar-refractivity contribution in [3.8, 4) is 0 Å². The van der Waals surface area contributed by atoms with Gasteiger partial charge in [-0.15, -0.1) is 0 Å². The Bertz CT molecular complexity index is 625. The summed E-state index contributed by atoms with van der Waals surface area (Å²) in [6.45, 7) is 2.69. The zero-order chi connectivity index (χ0) is 17.9. The molecule has 0 spiro atoms. The second-order valence-corrected chi connectivity index (χ2v) is 7.67. The van der Waals surface area contributed by atoms with Crippen LogP contribution in [0.15, 0.2) is 30.3 Å². The molecular weight excluding hydrogens is 316 g/mol. The van der Waals surface area contributed by atoms with Gasteiger partial charge in [0.2, 0.25) is 5.91 Å². The van der Waals surface area contributed by atoms with Gasteiger partial charge in [0.05, 0.1) is 5.60 Å². The third-order valence-electron chi connectivity index (χ3n) is 5.76. The van der Waals surface area contributed by atoms with Crippen LogP contribution < -0.4 is 5.32 Å². The summed E-state index contributed by atoms with van der Waals surface area (Å²) in [5, 5.41) is 13.5. The molecule has 0 radical (unpaired) electrons. The Labute approximate surface area is 149 Å². The predicted octanol–water partition coefficient (Wildman–Crippen LogP) is 2.49. The molecule has 1 saturated carbocycles. The van der Waals surface area contributed by atoms with E-state index in [2.05, 4.69) is 5.32 Å². The molecule has 2 N–H and O–H groups in total. The van der Waals surface area contributed by atoms with Crippen LogP contribution in [0.25, 0.3) is 0 Å². The van der Waals surface area contributed by atoms with Crippen molar-refractivity contribution in [3.63, 3.8) is 0 Å². The Kier molecular flexibility index (Phi) is 5.13. The lowest BCUT2D eigenvalue weighted by atomic mass is 9.84. The van der Waals surface area contributed by atoms with Gasteiger partial charge in [-0.05, 0) is 44.7 Å². The van der Waals surface area contributed by atoms with Gasteiger partial charge in [0, 0.05) is 18.7 Å². The van der Waals surface area contributed by atoms with Crippen LogP contribution in [0.5, 0.6) is 0 Å². The van der Waals surface area contributed by atoms with E-state index in [1.165, 1.54) is 0 Å². The highest BCUT2D eigenvalue weighted by atomic mass is 16.3. The molecule has 136 valence electrons. The summed E-state index contributed by atoms with van der Waals surface area (Å²) in [5.41, 5.74) is -1.04. The summed E-state index contributed by atoms with van der Waals surface area (Å²) < 4.78 is 0. The van der Waals surface area contributed by atoms with Gasteiger partial charge >= 0.3 is 0 Å². The largest absolute Gasteiger partial charge is 0.388 e. The number of carbonyl (C=O) groups excluding carboxylic acids is 2. The summed E-state index contributed by atoms with van der Waals surface area (Å²) in [4.78, 5) is 27.4. The van der Waals surface area contributed by atoms with Crippen LogP contribution in [0.2, 0.25) is 0 Å². The van der Waals surface area contributed by atoms with Crippen LogP contribution in [-0.2, 0) is 4.79 Å². The SMILES string of the molecule is CC1(C(=O)NCC2(O)CCCCC2)CCCN1C(=O)c1ccccc1. The Hall–Kier alpha value is -1.88. The summed E-state index contributed by atoms with van der Waals surface area (Å²) in [6.07, 6.45) is 6.08. The van der Waals surface area contributed by atoms with Gasteiger partial charge in [-0.25, -0.2) is 0 Å². The topological polar surface area (TPSA) is 69.6 Å². The van der Waals surface area contributed by atoms with E-state index in [-0.39, 0.29) is 18.4 Å². The van der Waals surface area contributed by atoms with Gasteiger partial charge < -0.3 is 15.3 Å². The molecular formula is C20H28N2O3. The van der Waals surface area contributed by atoms with E-state index in [1.54, 1.807) is 17.0 Å². The minimum absolute atomic E-state index is 0.105. The molecule has 25 heavy (non-hydrogen) atoms. The van der Waals surface area contributed by atoms with Crippen LogP contribution in [0.3, 0.4) is 0 Å². The van der Waals surface area contributed by atoms with Crippen LogP contribution in [-0.4, -0.2) is 46.1 Å². The lowest BCUT2D eigenvalue weighted by Crippen LogP contribution is -2.57. The summed E-state index contributed by atoms with van der Waals surface area (Å²) in [7, 11) is 0. The van der Waals surface area contributed by atoms with Crippen molar-refractivity contribution in [3.05, 3.63) is 35.9 Å². The molecule has 1 heterocycles. The minimum atomic E-state index is -0.849. The third kappa shape index (κ3) is 3.71. The van der Waals surface area contributed by atoms with E-state index in [0.717, 1.165) is 38.5 Å². The second-order valence-electron chi connectivity index (χ2n) is 7.67. The fraction of sp³-hybridized carbons (Fsp3) is 0.600. The second kappa shape index (κ2) is 7.16. The van der Waals surface area contributed by atoms with Gasteiger partial charge in [-0.3, -0.25) is 9.59 Å². The van der Waals surface area contributed by atoms with Crippen molar-refractivity contribution < 1.29 is 14.7 Å². The quantitative estimate of drug-likeness (QED) is 0.882. The molecule has 1 aromatic carbocycles. The number of rotatable bonds is 4. The maximum Gasteiger partial charge on any atom is 0.254 e. The lowest BCUT2D eigenvalue weighted by molar-refractivity contribution is -0.131. The first kappa shape index (κ1) is 17.9. The van der Waals surface area contributed by atoms with Crippen molar-refractivity contribution in [1.82, 2.24) is 10.2 Å². The third-order valence-corrected chi connectivity index (χ3v) is 5.76. The number of carbonyl (C=O) groups is 2. The van der Waals surface area contributed by atoms with E-state index in [0.29, 0.717) is 18.5 Å². The van der Waals surface area contributed by atoms with Gasteiger partial charge in [0.25, 0.3) is 5.91 Å². The monoisotopic (exact) mass is 344 g/mol. The summed E-state index contributed by atoms with van der Waals surface area (Å²) in [6, 6.07) is 9.10. The highest BCUT2D eigenvalue weighted by Crippen LogP contribution is 2.32. The number of hydrogen-bond acceptors (Lipinski definition) is 3. The molecule has 0 aromatic heterocycles. The molecule has 1 unspecified atom stereocenters. The first-order valence-electron chi connectivity index (χ1n) is 9.32. The van der Waals surface area contributed by atoms with Crippen molar-refractivity contribution in [2.75, 3.05) is 13.1 Å². The summed E-state index contributed by atoms with van der Waals surface area (Å²) >= 11 is 0. The Morgan fingerprint density at radius 1 is 1.08 bits per heavy atom. The van der Waals surface area contributed by atoms with Crippen molar-refractivity contribution >= 4 is 11.8 Å². The Balaban J connectivity index is 1.68. The molecule has 1 aromatic rings. The van der Waals surface area contributed by atoms with Gasteiger partial charge in [-0.2, -0.15) is 0 Å². The molecule has 5 nitrogen and oxygen atoms in total. The number of likely N-dealkylation sites (tertiary alicyclic amines) is 1. The number of nitrogens with one attached hydrogen (secondary N) is 1. The van der Waals surface area contributed by atoms with Crippen molar-refractivity contribution in [2.45, 2.75) is 63.0 Å². The highest BCUT2D eigenvalue weighted by Gasteiger charge is 2.46. The Morgan fingerprint density at radius 3 is 2.44 bits per heavy atom. The molecule has 5 heteroatoms. The number of nitrogens with zero attached hydrogens (tertiary/aromatic N) is 1. The van der Waals surface area contributed by atoms with E-state index >= 15 is 0 Å². The van der Waals surface area contributed by atoms with Gasteiger partial charge in [0.15, 0.2) is 0 Å². The number of aliphatic hydroxyl groups is 1. The standard InChI is InChI=1S/C20H28N2O3/c1-19(18(24)21-15-20(25)12-6-3-7-13-20)11-8-14-22(19)17(23)16-9-4-2-5-10-16/h2,4-5,9-10,25H,3,6-8,11-15H2,1H3,(H,21,24). The normalized spacial score (nSPS) is 25.6. The van der Waals surface area contributed by atoms with E-state index < -0.39 is 11.1 Å². The van der Waals surface area contributed by atoms with E-state index in [4.69, 9.17) is 0 Å². The maximum atomic E-state index is 12.9. The number of amides is 2. The molecule has 1 saturated heterocycles. The van der Waals surface area contributed by atoms with E-state index in [9.17, 15) is 14.7 Å². The number of hydrogen-bond donors (Lipinski definition) is 2. The first-order valence-corrected chi connectivity index (χ1v) is 9.32. The van der Waals surface area contributed by atoms with Gasteiger partial charge in [-0.1, -0.05) is 37.5 Å². The summed E-state index contributed by atoms with van der Waals surface area (Å²) in [5.74, 6) is -0.264.